The van der Waals surface area contributed by atoms with E-state index in [-0.39, 0.29) is 0 Å². The van der Waals surface area contributed by atoms with Crippen molar-refractivity contribution in [2.24, 2.45) is 0 Å². The van der Waals surface area contributed by atoms with E-state index in [0.717, 1.165) is 5.69 Å². The van der Waals surface area contributed by atoms with Crippen LogP contribution in [-0.4, -0.2) is 17.3 Å². The summed E-state index contributed by atoms with van der Waals surface area (Å²) in [7, 11) is 1.61. The maximum absolute atomic E-state index is 5.50. The zero-order valence-corrected chi connectivity index (χ0v) is 8.37. The van der Waals surface area contributed by atoms with Gasteiger partial charge in [0.1, 0.15) is 11.4 Å². The molecule has 0 spiro atoms. The number of thiazole rings is 1. The van der Waals surface area contributed by atoms with Gasteiger partial charge in [0.05, 0.1) is 6.61 Å². The summed E-state index contributed by atoms with van der Waals surface area (Å²) >= 11 is 1.37. The Morgan fingerprint density at radius 2 is 2.50 bits per heavy atom. The summed E-state index contributed by atoms with van der Waals surface area (Å²) in [5, 5.41) is 6.16. The lowest BCUT2D eigenvalue weighted by molar-refractivity contribution is 0.177. The number of ether oxygens (including phenoxy) is 1. The zero-order valence-electron chi connectivity index (χ0n) is 7.56. The summed E-state index contributed by atoms with van der Waals surface area (Å²) in [6, 6.07) is 1.79. The van der Waals surface area contributed by atoms with Crippen molar-refractivity contribution in [1.82, 2.24) is 10.1 Å². The van der Waals surface area contributed by atoms with Crippen LogP contribution in [0.25, 0.3) is 11.5 Å². The largest absolute Gasteiger partial charge is 0.378 e. The zero-order chi connectivity index (χ0) is 9.97. The van der Waals surface area contributed by atoms with E-state index in [0.29, 0.717) is 23.2 Å². The van der Waals surface area contributed by atoms with Gasteiger partial charge in [-0.25, -0.2) is 4.98 Å². The normalized spacial score (nSPS) is 10.6. The molecule has 14 heavy (non-hydrogen) atoms. The smallest absolute Gasteiger partial charge is 0.186 e. The van der Waals surface area contributed by atoms with Gasteiger partial charge in [-0.15, -0.1) is 11.3 Å². The predicted octanol–water partition coefficient (Wildman–Crippen LogP) is 1.53. The van der Waals surface area contributed by atoms with E-state index in [9.17, 15) is 0 Å². The minimum Gasteiger partial charge on any atom is -0.378 e. The van der Waals surface area contributed by atoms with Crippen LogP contribution in [0.15, 0.2) is 16.0 Å². The summed E-state index contributed by atoms with van der Waals surface area (Å²) in [5.74, 6) is 0.616. The highest BCUT2D eigenvalue weighted by molar-refractivity contribution is 7.13. The van der Waals surface area contributed by atoms with E-state index in [1.165, 1.54) is 11.3 Å². The molecule has 2 rings (SSSR count). The molecule has 0 saturated carbocycles. The molecule has 0 atom stereocenters. The monoisotopic (exact) mass is 211 g/mol. The van der Waals surface area contributed by atoms with E-state index in [1.54, 1.807) is 13.2 Å². The molecule has 0 fully saturated rings. The van der Waals surface area contributed by atoms with Gasteiger partial charge in [-0.3, -0.25) is 0 Å². The van der Waals surface area contributed by atoms with Gasteiger partial charge in [-0.2, -0.15) is 0 Å². The Kier molecular flexibility index (Phi) is 2.47. The Labute approximate surface area is 84.5 Å². The molecule has 0 bridgehead atoms. The van der Waals surface area contributed by atoms with Crippen molar-refractivity contribution >= 4 is 16.5 Å². The lowest BCUT2D eigenvalue weighted by Gasteiger charge is -1.87. The molecule has 2 heterocycles. The molecular weight excluding hydrogens is 202 g/mol. The number of nitrogens with zero attached hydrogens (tertiary/aromatic N) is 2. The highest BCUT2D eigenvalue weighted by atomic mass is 32.1. The number of nitrogens with two attached hydrogens (primary N) is 1. The molecule has 0 aliphatic heterocycles. The second-order valence-corrected chi connectivity index (χ2v) is 3.58. The van der Waals surface area contributed by atoms with Crippen molar-refractivity contribution in [3.63, 3.8) is 0 Å². The van der Waals surface area contributed by atoms with Gasteiger partial charge >= 0.3 is 0 Å². The van der Waals surface area contributed by atoms with Crippen LogP contribution in [0.5, 0.6) is 0 Å². The number of aromatic nitrogens is 2. The molecule has 74 valence electrons. The van der Waals surface area contributed by atoms with Crippen LogP contribution in [0.2, 0.25) is 0 Å². The topological polar surface area (TPSA) is 74.2 Å². The Morgan fingerprint density at radius 3 is 3.14 bits per heavy atom. The third-order valence-corrected chi connectivity index (χ3v) is 2.30. The molecule has 2 aromatic rings. The Morgan fingerprint density at radius 1 is 1.64 bits per heavy atom. The molecule has 2 aromatic heterocycles. The second-order valence-electron chi connectivity index (χ2n) is 2.69. The van der Waals surface area contributed by atoms with Crippen LogP contribution in [0.3, 0.4) is 0 Å². The predicted molar refractivity (Wildman–Crippen MR) is 52.7 cm³/mol. The van der Waals surface area contributed by atoms with E-state index in [4.69, 9.17) is 15.0 Å². The van der Waals surface area contributed by atoms with Crippen LogP contribution in [0.1, 0.15) is 5.69 Å². The molecule has 2 N–H and O–H groups in total. The molecule has 0 saturated heterocycles. The second kappa shape index (κ2) is 3.77. The molecule has 0 unspecified atom stereocenters. The van der Waals surface area contributed by atoms with Gasteiger partial charge in [0.25, 0.3) is 0 Å². The fourth-order valence-electron chi connectivity index (χ4n) is 1.05. The summed E-state index contributed by atoms with van der Waals surface area (Å²) in [4.78, 5) is 4.08. The minimum absolute atomic E-state index is 0.434. The number of rotatable bonds is 3. The minimum atomic E-state index is 0.434. The SMILES string of the molecule is COCc1cc(-c2csc(N)n2)on1. The maximum Gasteiger partial charge on any atom is 0.186 e. The molecule has 0 radical (unpaired) electrons. The van der Waals surface area contributed by atoms with Gasteiger partial charge in [-0.1, -0.05) is 5.16 Å². The fourth-order valence-corrected chi connectivity index (χ4v) is 1.60. The third kappa shape index (κ3) is 1.75. The van der Waals surface area contributed by atoms with Crippen LogP contribution >= 0.6 is 11.3 Å². The fraction of sp³-hybridized carbons (Fsp3) is 0.250. The van der Waals surface area contributed by atoms with Crippen molar-refractivity contribution in [3.05, 3.63) is 17.1 Å². The molecule has 0 aliphatic carbocycles. The Hall–Kier alpha value is -1.40. The average molecular weight is 211 g/mol. The average Bonchev–Trinajstić information content (AvgIpc) is 2.74. The number of nitrogen functional groups attached to an aromatic ring is 1. The number of hydrogen-bond donors (Lipinski definition) is 1. The van der Waals surface area contributed by atoms with Gasteiger partial charge in [-0.05, 0) is 0 Å². The van der Waals surface area contributed by atoms with Crippen LogP contribution in [-0.2, 0) is 11.3 Å². The van der Waals surface area contributed by atoms with Crippen molar-refractivity contribution in [1.29, 1.82) is 0 Å². The summed E-state index contributed by atoms with van der Waals surface area (Å²) in [5.41, 5.74) is 6.96. The summed E-state index contributed by atoms with van der Waals surface area (Å²) in [6.45, 7) is 0.434. The van der Waals surface area contributed by atoms with Crippen LogP contribution < -0.4 is 5.73 Å². The Bertz CT molecular complexity index is 424. The molecule has 6 heteroatoms. The van der Waals surface area contributed by atoms with E-state index in [2.05, 4.69) is 10.1 Å². The van der Waals surface area contributed by atoms with Gasteiger partial charge in [0.2, 0.25) is 0 Å². The summed E-state index contributed by atoms with van der Waals surface area (Å²) in [6.07, 6.45) is 0. The van der Waals surface area contributed by atoms with Crippen molar-refractivity contribution < 1.29 is 9.26 Å². The first kappa shape index (κ1) is 9.17. The number of methoxy groups -OCH3 is 1. The van der Waals surface area contributed by atoms with Crippen molar-refractivity contribution in [2.45, 2.75) is 6.61 Å². The van der Waals surface area contributed by atoms with Crippen molar-refractivity contribution in [2.75, 3.05) is 12.8 Å². The first-order valence-electron chi connectivity index (χ1n) is 3.95. The standard InChI is InChI=1S/C8H9N3O2S/c1-12-3-5-2-7(13-11-5)6-4-14-8(9)10-6/h2,4H,3H2,1H3,(H2,9,10). The molecular formula is C8H9N3O2S. The van der Waals surface area contributed by atoms with Gasteiger partial charge < -0.3 is 15.0 Å². The van der Waals surface area contributed by atoms with Crippen LogP contribution in [0.4, 0.5) is 5.13 Å². The first-order chi connectivity index (χ1) is 6.79. The number of anilines is 1. The van der Waals surface area contributed by atoms with E-state index in [1.807, 2.05) is 5.38 Å². The third-order valence-electron chi connectivity index (χ3n) is 1.63. The first-order valence-corrected chi connectivity index (χ1v) is 4.83. The number of hydrogen-bond acceptors (Lipinski definition) is 6. The highest BCUT2D eigenvalue weighted by Gasteiger charge is 2.09. The van der Waals surface area contributed by atoms with Gasteiger partial charge in [0, 0.05) is 18.6 Å². The maximum atomic E-state index is 5.50. The molecule has 5 nitrogen and oxygen atoms in total. The van der Waals surface area contributed by atoms with E-state index < -0.39 is 0 Å². The molecule has 0 aliphatic rings. The van der Waals surface area contributed by atoms with Gasteiger partial charge in [0.15, 0.2) is 10.9 Å². The van der Waals surface area contributed by atoms with E-state index >= 15 is 0 Å². The molecule has 0 amide bonds. The Balaban J connectivity index is 2.24. The quantitative estimate of drug-likeness (QED) is 0.833. The summed E-state index contributed by atoms with van der Waals surface area (Å²) < 4.78 is 9.99. The lowest BCUT2D eigenvalue weighted by atomic mass is 10.3. The van der Waals surface area contributed by atoms with Crippen molar-refractivity contribution in [3.8, 4) is 11.5 Å². The molecule has 0 aromatic carbocycles. The van der Waals surface area contributed by atoms with Crippen LogP contribution in [0, 0.1) is 0 Å². The lowest BCUT2D eigenvalue weighted by Crippen LogP contribution is -1.85. The highest BCUT2D eigenvalue weighted by Crippen LogP contribution is 2.23.